The van der Waals surface area contributed by atoms with Crippen LogP contribution in [0.25, 0.3) is 10.9 Å². The molecule has 0 spiro atoms. The summed E-state index contributed by atoms with van der Waals surface area (Å²) >= 11 is 0. The summed E-state index contributed by atoms with van der Waals surface area (Å²) in [6.45, 7) is 2.53. The number of anilines is 1. The minimum absolute atomic E-state index is 0.137. The highest BCUT2D eigenvalue weighted by atomic mass is 16.5. The number of fused-ring (bicyclic) bond motifs is 1. The Bertz CT molecular complexity index is 963. The van der Waals surface area contributed by atoms with Crippen LogP contribution in [0, 0.1) is 0 Å². The number of rotatable bonds is 8. The zero-order valence-corrected chi connectivity index (χ0v) is 16.4. The highest BCUT2D eigenvalue weighted by Crippen LogP contribution is 2.44. The highest BCUT2D eigenvalue weighted by Gasteiger charge is 2.20. The molecule has 2 N–H and O–H groups in total. The van der Waals surface area contributed by atoms with E-state index >= 15 is 0 Å². The second kappa shape index (κ2) is 8.56. The summed E-state index contributed by atoms with van der Waals surface area (Å²) in [6.07, 6.45) is 1.98. The van der Waals surface area contributed by atoms with Crippen molar-refractivity contribution in [2.24, 2.45) is 0 Å². The van der Waals surface area contributed by atoms with Crippen molar-refractivity contribution in [3.05, 3.63) is 42.1 Å². The fourth-order valence-electron chi connectivity index (χ4n) is 3.14. The van der Waals surface area contributed by atoms with E-state index in [-0.39, 0.29) is 12.3 Å². The number of hydrogen-bond donors (Lipinski definition) is 2. The van der Waals surface area contributed by atoms with Crippen LogP contribution in [0.4, 0.5) is 5.69 Å². The lowest BCUT2D eigenvalue weighted by molar-refractivity contribution is -0.115. The van der Waals surface area contributed by atoms with Crippen molar-refractivity contribution < 1.29 is 23.7 Å². The average molecular weight is 384 g/mol. The van der Waals surface area contributed by atoms with Crippen LogP contribution in [-0.4, -0.2) is 38.8 Å². The Labute approximate surface area is 163 Å². The minimum atomic E-state index is -0.137. The number of H-pyrrole nitrogens is 1. The first kappa shape index (κ1) is 19.4. The van der Waals surface area contributed by atoms with E-state index in [2.05, 4.69) is 10.3 Å². The van der Waals surface area contributed by atoms with Gasteiger partial charge in [0.25, 0.3) is 0 Å². The third-order valence-electron chi connectivity index (χ3n) is 4.35. The number of ether oxygens (including phenoxy) is 4. The molecule has 0 fully saturated rings. The van der Waals surface area contributed by atoms with Gasteiger partial charge in [0.2, 0.25) is 11.7 Å². The van der Waals surface area contributed by atoms with Crippen LogP contribution in [0.5, 0.6) is 23.0 Å². The molecule has 1 amide bonds. The Kier molecular flexibility index (Phi) is 5.93. The van der Waals surface area contributed by atoms with E-state index in [4.69, 9.17) is 18.9 Å². The fraction of sp³-hybridized carbons (Fsp3) is 0.286. The minimum Gasteiger partial charge on any atom is -0.494 e. The van der Waals surface area contributed by atoms with Gasteiger partial charge in [0.1, 0.15) is 5.75 Å². The van der Waals surface area contributed by atoms with Crippen LogP contribution < -0.4 is 24.3 Å². The van der Waals surface area contributed by atoms with Gasteiger partial charge in [0, 0.05) is 23.3 Å². The zero-order valence-electron chi connectivity index (χ0n) is 16.4. The predicted octanol–water partition coefficient (Wildman–Crippen LogP) is 3.77. The normalized spacial score (nSPS) is 10.6. The van der Waals surface area contributed by atoms with Crippen molar-refractivity contribution in [1.29, 1.82) is 0 Å². The third kappa shape index (κ3) is 3.83. The first-order valence-electron chi connectivity index (χ1n) is 8.92. The molecule has 0 radical (unpaired) electrons. The van der Waals surface area contributed by atoms with Crippen molar-refractivity contribution in [3.63, 3.8) is 0 Å². The van der Waals surface area contributed by atoms with Gasteiger partial charge in [-0.05, 0) is 36.8 Å². The molecule has 7 heteroatoms. The Hall–Kier alpha value is -3.35. The summed E-state index contributed by atoms with van der Waals surface area (Å²) in [5.74, 6) is 2.20. The van der Waals surface area contributed by atoms with Gasteiger partial charge in [0.05, 0.1) is 39.9 Å². The number of amides is 1. The van der Waals surface area contributed by atoms with Crippen molar-refractivity contribution in [1.82, 2.24) is 4.98 Å². The molecular weight excluding hydrogens is 360 g/mol. The number of carbonyl (C=O) groups excluding carboxylic acids is 1. The largest absolute Gasteiger partial charge is 0.494 e. The van der Waals surface area contributed by atoms with Crippen molar-refractivity contribution in [2.75, 3.05) is 33.3 Å². The molecule has 0 saturated heterocycles. The van der Waals surface area contributed by atoms with E-state index in [1.807, 2.05) is 37.3 Å². The third-order valence-corrected chi connectivity index (χ3v) is 4.35. The molecule has 0 saturated carbocycles. The quantitative estimate of drug-likeness (QED) is 0.618. The lowest BCUT2D eigenvalue weighted by Gasteiger charge is -2.14. The molecule has 3 rings (SSSR count). The lowest BCUT2D eigenvalue weighted by Crippen LogP contribution is -2.14. The Morgan fingerprint density at radius 1 is 1.04 bits per heavy atom. The van der Waals surface area contributed by atoms with Crippen molar-refractivity contribution in [3.8, 4) is 23.0 Å². The number of benzene rings is 2. The molecule has 7 nitrogen and oxygen atoms in total. The molecule has 28 heavy (non-hydrogen) atoms. The van der Waals surface area contributed by atoms with Gasteiger partial charge >= 0.3 is 0 Å². The van der Waals surface area contributed by atoms with Gasteiger partial charge in [-0.15, -0.1) is 0 Å². The van der Waals surface area contributed by atoms with Crippen molar-refractivity contribution >= 4 is 22.5 Å². The molecule has 0 aliphatic carbocycles. The molecule has 1 aromatic heterocycles. The van der Waals surface area contributed by atoms with Crippen LogP contribution in [-0.2, 0) is 11.2 Å². The van der Waals surface area contributed by atoms with E-state index in [0.29, 0.717) is 29.5 Å². The SMILES string of the molecule is CCOc1ccc(NC(=O)Cc2c[nH]c3cc(OC)c(OC)c(OC)c23)cc1. The summed E-state index contributed by atoms with van der Waals surface area (Å²) in [5, 5.41) is 3.69. The number of aromatic nitrogens is 1. The molecular formula is C21H24N2O5. The summed E-state index contributed by atoms with van der Waals surface area (Å²) in [7, 11) is 4.68. The second-order valence-corrected chi connectivity index (χ2v) is 6.06. The Morgan fingerprint density at radius 2 is 1.75 bits per heavy atom. The van der Waals surface area contributed by atoms with Gasteiger partial charge in [-0.2, -0.15) is 0 Å². The van der Waals surface area contributed by atoms with E-state index in [1.54, 1.807) is 27.5 Å². The molecule has 0 bridgehead atoms. The highest BCUT2D eigenvalue weighted by molar-refractivity contribution is 5.99. The van der Waals surface area contributed by atoms with Crippen LogP contribution in [0.15, 0.2) is 36.5 Å². The number of methoxy groups -OCH3 is 3. The average Bonchev–Trinajstić information content (AvgIpc) is 3.10. The molecule has 0 unspecified atom stereocenters. The molecule has 2 aromatic carbocycles. The summed E-state index contributed by atoms with van der Waals surface area (Å²) in [4.78, 5) is 15.7. The second-order valence-electron chi connectivity index (χ2n) is 6.06. The molecule has 1 heterocycles. The van der Waals surface area contributed by atoms with E-state index < -0.39 is 0 Å². The summed E-state index contributed by atoms with van der Waals surface area (Å²) in [6, 6.07) is 9.10. The molecule has 148 valence electrons. The standard InChI is InChI=1S/C21H24N2O5/c1-5-28-15-8-6-14(7-9-15)23-18(24)10-13-12-22-16-11-17(25-2)20(26-3)21(27-4)19(13)16/h6-9,11-12,22H,5,10H2,1-4H3,(H,23,24). The maximum Gasteiger partial charge on any atom is 0.228 e. The zero-order chi connectivity index (χ0) is 20.1. The van der Waals surface area contributed by atoms with Gasteiger partial charge in [-0.1, -0.05) is 0 Å². The van der Waals surface area contributed by atoms with Gasteiger partial charge in [-0.25, -0.2) is 0 Å². The van der Waals surface area contributed by atoms with Crippen LogP contribution in [0.3, 0.4) is 0 Å². The maximum atomic E-state index is 12.6. The Morgan fingerprint density at radius 3 is 2.36 bits per heavy atom. The Balaban J connectivity index is 1.84. The number of nitrogens with one attached hydrogen (secondary N) is 2. The molecule has 0 aliphatic rings. The summed E-state index contributed by atoms with van der Waals surface area (Å²) < 4.78 is 21.8. The lowest BCUT2D eigenvalue weighted by atomic mass is 10.1. The first-order valence-corrected chi connectivity index (χ1v) is 8.92. The molecule has 0 aliphatic heterocycles. The van der Waals surface area contributed by atoms with E-state index in [9.17, 15) is 4.79 Å². The van der Waals surface area contributed by atoms with Crippen LogP contribution in [0.1, 0.15) is 12.5 Å². The maximum absolute atomic E-state index is 12.6. The van der Waals surface area contributed by atoms with Gasteiger partial charge < -0.3 is 29.2 Å². The van der Waals surface area contributed by atoms with Crippen LogP contribution in [0.2, 0.25) is 0 Å². The summed E-state index contributed by atoms with van der Waals surface area (Å²) in [5.41, 5.74) is 2.31. The number of hydrogen-bond acceptors (Lipinski definition) is 5. The van der Waals surface area contributed by atoms with E-state index in [0.717, 1.165) is 22.2 Å². The number of aromatic amines is 1. The monoisotopic (exact) mass is 384 g/mol. The van der Waals surface area contributed by atoms with Crippen LogP contribution >= 0.6 is 0 Å². The predicted molar refractivity (Wildman–Crippen MR) is 108 cm³/mol. The molecule has 0 atom stereocenters. The smallest absolute Gasteiger partial charge is 0.228 e. The first-order chi connectivity index (χ1) is 13.6. The van der Waals surface area contributed by atoms with Gasteiger partial charge in [0.15, 0.2) is 11.5 Å². The van der Waals surface area contributed by atoms with E-state index in [1.165, 1.54) is 0 Å². The molecule has 3 aromatic rings. The van der Waals surface area contributed by atoms with Crippen molar-refractivity contribution in [2.45, 2.75) is 13.3 Å². The number of carbonyl (C=O) groups is 1. The topological polar surface area (TPSA) is 81.8 Å². The van der Waals surface area contributed by atoms with Gasteiger partial charge in [-0.3, -0.25) is 4.79 Å². The fourth-order valence-corrected chi connectivity index (χ4v) is 3.14.